The fraction of sp³-hybridized carbons (Fsp3) is 0. The number of nitrogens with zero attached hydrogens (tertiary/aromatic N) is 3. The Morgan fingerprint density at radius 3 is 1.52 bits per heavy atom. The van der Waals surface area contributed by atoms with Gasteiger partial charge in [0.05, 0.1) is 5.56 Å². The van der Waals surface area contributed by atoms with Gasteiger partial charge in [0.2, 0.25) is 0 Å². The zero-order chi connectivity index (χ0) is 33.3. The number of benzene rings is 7. The summed E-state index contributed by atoms with van der Waals surface area (Å²) in [4.78, 5) is 15.4. The van der Waals surface area contributed by atoms with Crippen molar-refractivity contribution in [2.45, 2.75) is 0 Å². The Bertz CT molecular complexity index is 2410. The SMILES string of the molecule is c1ccc(-c2cccc(-c3nc(-c4ccccc4)nc(-c4cccc5c4Oc4ccccc4[Si]5(c4ccccc4)c4ccccc4)n3)c2)cc1. The number of hydrogen-bond acceptors (Lipinski definition) is 4. The molecule has 1 aliphatic rings. The summed E-state index contributed by atoms with van der Waals surface area (Å²) < 4.78 is 6.96. The molecule has 2 heterocycles. The fourth-order valence-corrected chi connectivity index (χ4v) is 12.2. The predicted molar refractivity (Wildman–Crippen MR) is 205 cm³/mol. The second-order valence-electron chi connectivity index (χ2n) is 12.4. The monoisotopic (exact) mass is 657 g/mol. The lowest BCUT2D eigenvalue weighted by Crippen LogP contribution is -2.76. The second kappa shape index (κ2) is 12.5. The number of ether oxygens (including phenoxy) is 1. The number of rotatable bonds is 6. The molecule has 8 aromatic rings. The molecule has 0 fully saturated rings. The quantitative estimate of drug-likeness (QED) is 0.170. The van der Waals surface area contributed by atoms with Crippen LogP contribution in [0.2, 0.25) is 0 Å². The largest absolute Gasteiger partial charge is 0.457 e. The summed E-state index contributed by atoms with van der Waals surface area (Å²) in [6, 6.07) is 65.7. The van der Waals surface area contributed by atoms with E-state index in [1.165, 1.54) is 20.7 Å². The number of fused-ring (bicyclic) bond motifs is 2. The minimum atomic E-state index is -2.84. The molecule has 236 valence electrons. The summed E-state index contributed by atoms with van der Waals surface area (Å²) >= 11 is 0. The van der Waals surface area contributed by atoms with Crippen LogP contribution in [0.15, 0.2) is 188 Å². The van der Waals surface area contributed by atoms with Gasteiger partial charge in [-0.05, 0) is 50.1 Å². The Labute approximate surface area is 292 Å². The van der Waals surface area contributed by atoms with Gasteiger partial charge in [0.1, 0.15) is 11.5 Å². The molecule has 0 atom stereocenters. The first-order valence-electron chi connectivity index (χ1n) is 16.8. The van der Waals surface area contributed by atoms with Crippen molar-refractivity contribution in [1.82, 2.24) is 15.0 Å². The summed E-state index contributed by atoms with van der Waals surface area (Å²) in [6.07, 6.45) is 0. The zero-order valence-electron chi connectivity index (χ0n) is 27.1. The number of hydrogen-bond donors (Lipinski definition) is 0. The van der Waals surface area contributed by atoms with Gasteiger partial charge < -0.3 is 4.74 Å². The third kappa shape index (κ3) is 5.03. The average Bonchev–Trinajstić information content (AvgIpc) is 3.21. The van der Waals surface area contributed by atoms with E-state index in [0.717, 1.165) is 39.3 Å². The molecule has 50 heavy (non-hydrogen) atoms. The Hall–Kier alpha value is -6.43. The molecule has 7 aromatic carbocycles. The summed E-state index contributed by atoms with van der Waals surface area (Å²) in [5, 5.41) is 4.97. The molecule has 0 saturated heterocycles. The molecular formula is C45H31N3OSi. The Morgan fingerprint density at radius 1 is 0.360 bits per heavy atom. The van der Waals surface area contributed by atoms with E-state index in [2.05, 4.69) is 152 Å². The van der Waals surface area contributed by atoms with E-state index in [1.807, 2.05) is 36.4 Å². The van der Waals surface area contributed by atoms with Crippen molar-refractivity contribution in [2.24, 2.45) is 0 Å². The highest BCUT2D eigenvalue weighted by atomic mass is 28.3. The number of para-hydroxylation sites is 2. The molecule has 0 amide bonds. The molecule has 1 aromatic heterocycles. The third-order valence-electron chi connectivity index (χ3n) is 9.47. The van der Waals surface area contributed by atoms with Crippen LogP contribution in [0.5, 0.6) is 11.5 Å². The molecule has 0 N–H and O–H groups in total. The smallest absolute Gasteiger partial charge is 0.188 e. The lowest BCUT2D eigenvalue weighted by atomic mass is 10.0. The van der Waals surface area contributed by atoms with Crippen molar-refractivity contribution < 1.29 is 4.74 Å². The Morgan fingerprint density at radius 2 is 0.840 bits per heavy atom. The molecule has 1 aliphatic heterocycles. The lowest BCUT2D eigenvalue weighted by molar-refractivity contribution is 0.488. The van der Waals surface area contributed by atoms with Gasteiger partial charge in [-0.2, -0.15) is 0 Å². The molecule has 0 saturated carbocycles. The maximum Gasteiger partial charge on any atom is 0.188 e. The van der Waals surface area contributed by atoms with Gasteiger partial charge >= 0.3 is 0 Å². The van der Waals surface area contributed by atoms with Crippen LogP contribution < -0.4 is 25.5 Å². The highest BCUT2D eigenvalue weighted by Gasteiger charge is 2.48. The van der Waals surface area contributed by atoms with Crippen molar-refractivity contribution in [3.63, 3.8) is 0 Å². The van der Waals surface area contributed by atoms with E-state index in [-0.39, 0.29) is 0 Å². The van der Waals surface area contributed by atoms with E-state index in [4.69, 9.17) is 19.7 Å². The van der Waals surface area contributed by atoms with Crippen LogP contribution in [0.1, 0.15) is 0 Å². The van der Waals surface area contributed by atoms with Crippen LogP contribution in [-0.4, -0.2) is 23.0 Å². The highest BCUT2D eigenvalue weighted by molar-refractivity contribution is 7.20. The van der Waals surface area contributed by atoms with E-state index < -0.39 is 8.07 Å². The van der Waals surface area contributed by atoms with Crippen molar-refractivity contribution in [3.8, 4) is 56.8 Å². The molecule has 9 rings (SSSR count). The first-order valence-corrected chi connectivity index (χ1v) is 18.8. The van der Waals surface area contributed by atoms with Crippen LogP contribution in [0, 0.1) is 0 Å². The van der Waals surface area contributed by atoms with Gasteiger partial charge in [-0.15, -0.1) is 0 Å². The Kier molecular flexibility index (Phi) is 7.45. The first-order chi connectivity index (χ1) is 24.8. The normalized spacial score (nSPS) is 12.7. The van der Waals surface area contributed by atoms with Crippen LogP contribution in [0.4, 0.5) is 0 Å². The average molecular weight is 658 g/mol. The lowest BCUT2D eigenvalue weighted by Gasteiger charge is -2.40. The zero-order valence-corrected chi connectivity index (χ0v) is 28.1. The Balaban J connectivity index is 1.31. The van der Waals surface area contributed by atoms with Gasteiger partial charge in [0, 0.05) is 11.1 Å². The highest BCUT2D eigenvalue weighted by Crippen LogP contribution is 2.37. The topological polar surface area (TPSA) is 47.9 Å². The summed E-state index contributed by atoms with van der Waals surface area (Å²) in [5.74, 6) is 3.44. The van der Waals surface area contributed by atoms with Gasteiger partial charge in [0.15, 0.2) is 25.5 Å². The van der Waals surface area contributed by atoms with Gasteiger partial charge in [-0.1, -0.05) is 170 Å². The molecule has 0 spiro atoms. The minimum absolute atomic E-state index is 0.569. The van der Waals surface area contributed by atoms with Crippen molar-refractivity contribution >= 4 is 28.8 Å². The van der Waals surface area contributed by atoms with Crippen LogP contribution >= 0.6 is 0 Å². The molecule has 4 nitrogen and oxygen atoms in total. The van der Waals surface area contributed by atoms with Gasteiger partial charge in [-0.3, -0.25) is 0 Å². The maximum atomic E-state index is 6.96. The van der Waals surface area contributed by atoms with E-state index in [9.17, 15) is 0 Å². The minimum Gasteiger partial charge on any atom is -0.457 e. The molecule has 5 heteroatoms. The van der Waals surface area contributed by atoms with Crippen molar-refractivity contribution in [1.29, 1.82) is 0 Å². The van der Waals surface area contributed by atoms with E-state index in [1.54, 1.807) is 0 Å². The van der Waals surface area contributed by atoms with E-state index in [0.29, 0.717) is 17.5 Å². The molecular weight excluding hydrogens is 627 g/mol. The second-order valence-corrected chi connectivity index (χ2v) is 16.1. The van der Waals surface area contributed by atoms with Crippen molar-refractivity contribution in [3.05, 3.63) is 188 Å². The standard InChI is InChI=1S/C45H31N3OSi/c1-5-17-32(18-6-1)34-21-15-22-35(31-34)44-46-43(33-19-7-2-8-20-33)47-45(48-44)38-27-16-30-41-42(38)49-39-28-13-14-29-40(39)50(41,36-23-9-3-10-24-36)37-25-11-4-12-26-37/h1-31H. The summed E-state index contributed by atoms with van der Waals surface area (Å²) in [5.41, 5.74) is 4.91. The molecule has 0 bridgehead atoms. The molecule has 0 aliphatic carbocycles. The number of aromatic nitrogens is 3. The first kappa shape index (κ1) is 29.7. The van der Waals surface area contributed by atoms with Gasteiger partial charge in [0.25, 0.3) is 0 Å². The molecule has 0 unspecified atom stereocenters. The summed E-state index contributed by atoms with van der Waals surface area (Å²) in [6.45, 7) is 0. The summed E-state index contributed by atoms with van der Waals surface area (Å²) in [7, 11) is -2.84. The van der Waals surface area contributed by atoms with Crippen molar-refractivity contribution in [2.75, 3.05) is 0 Å². The predicted octanol–water partition coefficient (Wildman–Crippen LogP) is 8.02. The van der Waals surface area contributed by atoms with Crippen LogP contribution in [0.25, 0.3) is 45.3 Å². The van der Waals surface area contributed by atoms with Gasteiger partial charge in [-0.25, -0.2) is 15.0 Å². The van der Waals surface area contributed by atoms with Crippen LogP contribution in [0.3, 0.4) is 0 Å². The fourth-order valence-electron chi connectivity index (χ4n) is 7.21. The maximum absolute atomic E-state index is 6.96. The molecule has 0 radical (unpaired) electrons. The third-order valence-corrected chi connectivity index (χ3v) is 14.3. The van der Waals surface area contributed by atoms with Crippen LogP contribution in [-0.2, 0) is 0 Å². The van der Waals surface area contributed by atoms with E-state index >= 15 is 0 Å².